The van der Waals surface area contributed by atoms with Gasteiger partial charge in [0.1, 0.15) is 5.75 Å². The molecule has 178 valence electrons. The smallest absolute Gasteiger partial charge is 0.404 e. The SMILES string of the molecule is O=C(NC1CSCCN2C(CCC3CCCCC3)NNC12)c1ccc(OP(=O)(O)O)cc1. The van der Waals surface area contributed by atoms with Gasteiger partial charge in [0, 0.05) is 23.6 Å². The third kappa shape index (κ3) is 6.47. The first-order chi connectivity index (χ1) is 15.4. The number of hydrogen-bond donors (Lipinski definition) is 5. The number of carbonyl (C=O) groups excluding carboxylic acids is 1. The maximum absolute atomic E-state index is 12.8. The first-order valence-electron chi connectivity index (χ1n) is 11.4. The quantitative estimate of drug-likeness (QED) is 0.371. The van der Waals surface area contributed by atoms with Crippen LogP contribution in [0.3, 0.4) is 0 Å². The molecule has 1 aromatic carbocycles. The molecule has 3 atom stereocenters. The fourth-order valence-electron chi connectivity index (χ4n) is 4.92. The van der Waals surface area contributed by atoms with Crippen molar-refractivity contribution in [2.24, 2.45) is 5.92 Å². The number of fused-ring (bicyclic) bond motifs is 1. The molecule has 3 fully saturated rings. The first kappa shape index (κ1) is 24.0. The predicted octanol–water partition coefficient (Wildman–Crippen LogP) is 2.43. The van der Waals surface area contributed by atoms with Gasteiger partial charge in [-0.05, 0) is 43.0 Å². The molecule has 1 aromatic rings. The molecule has 5 N–H and O–H groups in total. The molecule has 2 heterocycles. The molecule has 32 heavy (non-hydrogen) atoms. The fraction of sp³-hybridized carbons (Fsp3) is 0.667. The minimum atomic E-state index is -4.62. The average molecular weight is 485 g/mol. The molecule has 0 aromatic heterocycles. The molecule has 9 nitrogen and oxygen atoms in total. The molecule has 1 aliphatic carbocycles. The third-order valence-corrected chi connectivity index (χ3v) is 8.07. The summed E-state index contributed by atoms with van der Waals surface area (Å²) in [5.74, 6) is 2.50. The number of hydrazine groups is 1. The minimum absolute atomic E-state index is 0.0218. The van der Waals surface area contributed by atoms with E-state index in [4.69, 9.17) is 9.79 Å². The van der Waals surface area contributed by atoms with Crippen molar-refractivity contribution in [3.05, 3.63) is 29.8 Å². The van der Waals surface area contributed by atoms with Crippen molar-refractivity contribution in [1.82, 2.24) is 21.1 Å². The lowest BCUT2D eigenvalue weighted by Crippen LogP contribution is -2.55. The molecular formula is C21H33N4O5PS. The van der Waals surface area contributed by atoms with Gasteiger partial charge in [0.15, 0.2) is 0 Å². The standard InChI is InChI=1S/C21H33N4O5PS/c26-21(16-7-9-17(10-8-16)30-31(27,28)29)22-18-14-32-13-12-25-19(23-24-20(18)25)11-6-15-4-2-1-3-5-15/h7-10,15,18-20,23-24H,1-6,11-14H2,(H,22,26)(H2,27,28,29). The Bertz CT molecular complexity index is 817. The molecule has 0 spiro atoms. The Hall–Kier alpha value is -1.13. The number of thioether (sulfide) groups is 1. The number of hydrogen-bond acceptors (Lipinski definition) is 7. The second-order valence-corrected chi connectivity index (χ2v) is 11.1. The van der Waals surface area contributed by atoms with Crippen LogP contribution in [0.5, 0.6) is 5.75 Å². The van der Waals surface area contributed by atoms with Crippen molar-refractivity contribution in [3.8, 4) is 5.75 Å². The minimum Gasteiger partial charge on any atom is -0.404 e. The molecule has 3 unspecified atom stereocenters. The van der Waals surface area contributed by atoms with Crippen LogP contribution in [0, 0.1) is 5.92 Å². The summed E-state index contributed by atoms with van der Waals surface area (Å²) in [5.41, 5.74) is 7.30. The van der Waals surface area contributed by atoms with Crippen molar-refractivity contribution in [2.45, 2.75) is 63.3 Å². The van der Waals surface area contributed by atoms with E-state index < -0.39 is 7.82 Å². The Morgan fingerprint density at radius 3 is 2.62 bits per heavy atom. The zero-order valence-electron chi connectivity index (χ0n) is 18.1. The number of rotatable bonds is 7. The van der Waals surface area contributed by atoms with Crippen LogP contribution >= 0.6 is 19.6 Å². The van der Waals surface area contributed by atoms with Crippen LogP contribution in [0.25, 0.3) is 0 Å². The van der Waals surface area contributed by atoms with Crippen molar-refractivity contribution < 1.29 is 23.7 Å². The van der Waals surface area contributed by atoms with Gasteiger partial charge in [-0.15, -0.1) is 0 Å². The topological polar surface area (TPSA) is 123 Å². The number of carbonyl (C=O) groups is 1. The largest absolute Gasteiger partial charge is 0.524 e. The summed E-state index contributed by atoms with van der Waals surface area (Å²) in [5, 5.41) is 3.14. The molecule has 2 aliphatic heterocycles. The van der Waals surface area contributed by atoms with Gasteiger partial charge in [-0.1, -0.05) is 32.1 Å². The molecule has 0 radical (unpaired) electrons. The monoisotopic (exact) mass is 484 g/mol. The van der Waals surface area contributed by atoms with Crippen molar-refractivity contribution in [1.29, 1.82) is 0 Å². The number of nitrogens with one attached hydrogen (secondary N) is 3. The van der Waals surface area contributed by atoms with Crippen LogP contribution in [0.1, 0.15) is 55.3 Å². The highest BCUT2D eigenvalue weighted by Gasteiger charge is 2.39. The summed E-state index contributed by atoms with van der Waals surface area (Å²) in [6.45, 7) is 0.978. The molecular weight excluding hydrogens is 451 g/mol. The molecule has 11 heteroatoms. The first-order valence-corrected chi connectivity index (χ1v) is 14.1. The Morgan fingerprint density at radius 2 is 1.91 bits per heavy atom. The molecule has 1 amide bonds. The van der Waals surface area contributed by atoms with Gasteiger partial charge < -0.3 is 9.84 Å². The van der Waals surface area contributed by atoms with E-state index in [1.807, 2.05) is 11.8 Å². The molecule has 0 bridgehead atoms. The lowest BCUT2D eigenvalue weighted by Gasteiger charge is -2.31. The zero-order chi connectivity index (χ0) is 22.6. The average Bonchev–Trinajstić information content (AvgIpc) is 3.06. The lowest BCUT2D eigenvalue weighted by molar-refractivity contribution is 0.0897. The lowest BCUT2D eigenvalue weighted by atomic mass is 9.86. The molecule has 1 saturated carbocycles. The van der Waals surface area contributed by atoms with Gasteiger partial charge in [0.05, 0.1) is 18.4 Å². The highest BCUT2D eigenvalue weighted by atomic mass is 32.2. The number of nitrogens with zero attached hydrogens (tertiary/aromatic N) is 1. The van der Waals surface area contributed by atoms with E-state index in [2.05, 4.69) is 25.6 Å². The number of amides is 1. The van der Waals surface area contributed by atoms with E-state index in [9.17, 15) is 9.36 Å². The van der Waals surface area contributed by atoms with Gasteiger partial charge in [-0.2, -0.15) is 11.8 Å². The van der Waals surface area contributed by atoms with Crippen LogP contribution in [0.15, 0.2) is 24.3 Å². The Labute approximate surface area is 193 Å². The molecule has 4 rings (SSSR count). The van der Waals surface area contributed by atoms with Crippen LogP contribution in [0.2, 0.25) is 0 Å². The number of phosphoric ester groups is 1. The molecule has 3 aliphatic rings. The Balaban J connectivity index is 1.34. The predicted molar refractivity (Wildman–Crippen MR) is 124 cm³/mol. The second-order valence-electron chi connectivity index (χ2n) is 8.83. The summed E-state index contributed by atoms with van der Waals surface area (Å²) in [4.78, 5) is 33.1. The maximum Gasteiger partial charge on any atom is 0.524 e. The normalized spacial score (nSPS) is 27.5. The summed E-state index contributed by atoms with van der Waals surface area (Å²) < 4.78 is 15.5. The summed E-state index contributed by atoms with van der Waals surface area (Å²) in [6.07, 6.45) is 9.50. The van der Waals surface area contributed by atoms with Crippen molar-refractivity contribution >= 4 is 25.5 Å². The Kier molecular flexibility index (Phi) is 8.15. The summed E-state index contributed by atoms with van der Waals surface area (Å²) >= 11 is 1.84. The van der Waals surface area contributed by atoms with Gasteiger partial charge in [0.25, 0.3) is 5.91 Å². The maximum atomic E-state index is 12.8. The summed E-state index contributed by atoms with van der Waals surface area (Å²) in [6, 6.07) is 5.73. The third-order valence-electron chi connectivity index (χ3n) is 6.56. The number of phosphoric acid groups is 1. The van der Waals surface area contributed by atoms with Gasteiger partial charge in [0.2, 0.25) is 0 Å². The van der Waals surface area contributed by atoms with Crippen LogP contribution in [0.4, 0.5) is 0 Å². The van der Waals surface area contributed by atoms with Crippen molar-refractivity contribution in [3.63, 3.8) is 0 Å². The van der Waals surface area contributed by atoms with E-state index in [0.29, 0.717) is 5.56 Å². The van der Waals surface area contributed by atoms with E-state index in [0.717, 1.165) is 30.4 Å². The highest BCUT2D eigenvalue weighted by Crippen LogP contribution is 2.37. The van der Waals surface area contributed by atoms with E-state index >= 15 is 0 Å². The number of benzene rings is 1. The van der Waals surface area contributed by atoms with Crippen molar-refractivity contribution in [2.75, 3.05) is 18.1 Å². The zero-order valence-corrected chi connectivity index (χ0v) is 19.8. The van der Waals surface area contributed by atoms with Gasteiger partial charge >= 0.3 is 7.82 Å². The second kappa shape index (κ2) is 10.9. The fourth-order valence-corrected chi connectivity index (χ4v) is 6.35. The van der Waals surface area contributed by atoms with Gasteiger partial charge in [-0.25, -0.2) is 15.4 Å². The molecule has 2 saturated heterocycles. The van der Waals surface area contributed by atoms with Gasteiger partial charge in [-0.3, -0.25) is 19.5 Å². The highest BCUT2D eigenvalue weighted by molar-refractivity contribution is 7.99. The van der Waals surface area contributed by atoms with Crippen LogP contribution in [-0.4, -0.2) is 57.0 Å². The van der Waals surface area contributed by atoms with E-state index in [1.54, 1.807) is 0 Å². The van der Waals surface area contributed by atoms with Crippen LogP contribution in [-0.2, 0) is 4.57 Å². The Morgan fingerprint density at radius 1 is 1.16 bits per heavy atom. The van der Waals surface area contributed by atoms with E-state index in [-0.39, 0.29) is 30.0 Å². The van der Waals surface area contributed by atoms with E-state index in [1.165, 1.54) is 62.8 Å². The summed E-state index contributed by atoms with van der Waals surface area (Å²) in [7, 11) is -4.62. The van der Waals surface area contributed by atoms with Crippen LogP contribution < -0.4 is 20.7 Å².